The predicted octanol–water partition coefficient (Wildman–Crippen LogP) is 4.18. The van der Waals surface area contributed by atoms with E-state index in [1.807, 2.05) is 41.7 Å². The average molecular weight is 399 g/mol. The first-order valence-corrected chi connectivity index (χ1v) is 10.3. The first-order valence-electron chi connectivity index (χ1n) is 10.3. The molecule has 6 nitrogen and oxygen atoms in total. The molecular weight excluding hydrogens is 374 g/mol. The van der Waals surface area contributed by atoms with Crippen molar-refractivity contribution in [2.75, 3.05) is 13.2 Å². The highest BCUT2D eigenvalue weighted by molar-refractivity contribution is 5.72. The van der Waals surface area contributed by atoms with Crippen molar-refractivity contribution in [1.29, 1.82) is 0 Å². The van der Waals surface area contributed by atoms with E-state index in [0.29, 0.717) is 12.5 Å². The number of benzene rings is 1. The number of rotatable bonds is 5. The van der Waals surface area contributed by atoms with E-state index in [2.05, 4.69) is 59.0 Å². The van der Waals surface area contributed by atoms with Crippen LogP contribution in [0.4, 0.5) is 0 Å². The van der Waals surface area contributed by atoms with E-state index in [-0.39, 0.29) is 6.04 Å². The Kier molecular flexibility index (Phi) is 4.93. The monoisotopic (exact) mass is 399 g/mol. The van der Waals surface area contributed by atoms with Crippen LogP contribution >= 0.6 is 0 Å². The molecule has 1 aliphatic rings. The lowest BCUT2D eigenvalue weighted by atomic mass is 9.94. The molecule has 152 valence electrons. The molecular formula is C24H25N5O. The zero-order valence-electron chi connectivity index (χ0n) is 17.3. The largest absolute Gasteiger partial charge is 0.379 e. The predicted molar refractivity (Wildman–Crippen MR) is 116 cm³/mol. The van der Waals surface area contributed by atoms with Crippen molar-refractivity contribution in [2.24, 2.45) is 5.92 Å². The van der Waals surface area contributed by atoms with Crippen LogP contribution in [0.3, 0.4) is 0 Å². The van der Waals surface area contributed by atoms with E-state index >= 15 is 0 Å². The Morgan fingerprint density at radius 2 is 1.90 bits per heavy atom. The molecule has 1 fully saturated rings. The normalized spacial score (nSPS) is 18.7. The fourth-order valence-corrected chi connectivity index (χ4v) is 4.51. The minimum absolute atomic E-state index is 0.238. The highest BCUT2D eigenvalue weighted by atomic mass is 16.5. The van der Waals surface area contributed by atoms with Crippen molar-refractivity contribution >= 4 is 0 Å². The number of aryl methyl sites for hydroxylation is 2. The van der Waals surface area contributed by atoms with Gasteiger partial charge in [-0.15, -0.1) is 0 Å². The van der Waals surface area contributed by atoms with Crippen molar-refractivity contribution < 1.29 is 4.74 Å². The van der Waals surface area contributed by atoms with E-state index < -0.39 is 0 Å². The first kappa shape index (κ1) is 18.8. The standard InChI is InChI=1S/C24H25N5O/c1-17-12-18(2)23(21(13-17)29-10-3-6-27-29)24-26-9-11-28(24)22-16-30-15-20(22)14-19-4-7-25-8-5-19/h3-13,20,22H,14-16H2,1-2H3/t20-,22-/m1/s1. The minimum Gasteiger partial charge on any atom is -0.379 e. The Morgan fingerprint density at radius 3 is 2.70 bits per heavy atom. The summed E-state index contributed by atoms with van der Waals surface area (Å²) < 4.78 is 10.1. The van der Waals surface area contributed by atoms with Crippen LogP contribution in [0, 0.1) is 19.8 Å². The molecule has 4 aromatic rings. The maximum Gasteiger partial charge on any atom is 0.142 e. The van der Waals surface area contributed by atoms with Crippen LogP contribution in [0.5, 0.6) is 0 Å². The zero-order valence-corrected chi connectivity index (χ0v) is 17.3. The summed E-state index contributed by atoms with van der Waals surface area (Å²) in [6.07, 6.45) is 12.4. The number of aromatic nitrogens is 5. The van der Waals surface area contributed by atoms with E-state index in [4.69, 9.17) is 9.72 Å². The lowest BCUT2D eigenvalue weighted by Crippen LogP contribution is -2.20. The summed E-state index contributed by atoms with van der Waals surface area (Å²) in [5.74, 6) is 1.35. The van der Waals surface area contributed by atoms with Crippen molar-refractivity contribution in [2.45, 2.75) is 26.3 Å². The quantitative estimate of drug-likeness (QED) is 0.505. The third-order valence-corrected chi connectivity index (χ3v) is 5.87. The van der Waals surface area contributed by atoms with Gasteiger partial charge in [-0.3, -0.25) is 4.98 Å². The zero-order chi connectivity index (χ0) is 20.5. The van der Waals surface area contributed by atoms with Gasteiger partial charge in [-0.25, -0.2) is 9.67 Å². The molecule has 0 radical (unpaired) electrons. The molecule has 1 aromatic carbocycles. The summed E-state index contributed by atoms with van der Waals surface area (Å²) in [5.41, 5.74) is 5.85. The lowest BCUT2D eigenvalue weighted by Gasteiger charge is -2.23. The number of hydrogen-bond donors (Lipinski definition) is 0. The second-order valence-electron chi connectivity index (χ2n) is 8.01. The maximum atomic E-state index is 5.93. The smallest absolute Gasteiger partial charge is 0.142 e. The van der Waals surface area contributed by atoms with Gasteiger partial charge in [-0.2, -0.15) is 5.10 Å². The second-order valence-corrected chi connectivity index (χ2v) is 8.01. The van der Waals surface area contributed by atoms with Crippen molar-refractivity contribution in [3.05, 3.63) is 84.2 Å². The van der Waals surface area contributed by atoms with Crippen LogP contribution < -0.4 is 0 Å². The summed E-state index contributed by atoms with van der Waals surface area (Å²) in [4.78, 5) is 8.93. The fraction of sp³-hybridized carbons (Fsp3) is 0.292. The summed E-state index contributed by atoms with van der Waals surface area (Å²) in [6.45, 7) is 5.71. The highest BCUT2D eigenvalue weighted by Crippen LogP contribution is 2.36. The highest BCUT2D eigenvalue weighted by Gasteiger charge is 2.32. The van der Waals surface area contributed by atoms with E-state index in [1.54, 1.807) is 0 Å². The van der Waals surface area contributed by atoms with Gasteiger partial charge in [0.25, 0.3) is 0 Å². The SMILES string of the molecule is Cc1cc(C)c(-c2nccn2[C@@H]2COC[C@H]2Cc2ccncc2)c(-n2cccn2)c1. The lowest BCUT2D eigenvalue weighted by molar-refractivity contribution is 0.181. The van der Waals surface area contributed by atoms with Crippen molar-refractivity contribution in [3.63, 3.8) is 0 Å². The molecule has 0 aliphatic carbocycles. The molecule has 5 rings (SSSR count). The van der Waals surface area contributed by atoms with Crippen LogP contribution in [0.2, 0.25) is 0 Å². The number of imidazole rings is 1. The van der Waals surface area contributed by atoms with Gasteiger partial charge in [0.15, 0.2) is 0 Å². The van der Waals surface area contributed by atoms with Crippen LogP contribution in [0.15, 0.2) is 67.5 Å². The van der Waals surface area contributed by atoms with Gasteiger partial charge in [0, 0.05) is 48.7 Å². The van der Waals surface area contributed by atoms with E-state index in [9.17, 15) is 0 Å². The molecule has 0 N–H and O–H groups in total. The molecule has 1 saturated heterocycles. The molecule has 0 bridgehead atoms. The van der Waals surface area contributed by atoms with Crippen LogP contribution in [-0.4, -0.2) is 37.5 Å². The molecule has 0 saturated carbocycles. The summed E-state index contributed by atoms with van der Waals surface area (Å²) in [7, 11) is 0. The maximum absolute atomic E-state index is 5.93. The Labute approximate surface area is 176 Å². The second kappa shape index (κ2) is 7.88. The molecule has 6 heteroatoms. The van der Waals surface area contributed by atoms with E-state index in [1.165, 1.54) is 16.7 Å². The first-order chi connectivity index (χ1) is 14.7. The number of pyridine rings is 1. The molecule has 3 aromatic heterocycles. The van der Waals surface area contributed by atoms with Gasteiger partial charge >= 0.3 is 0 Å². The van der Waals surface area contributed by atoms with Crippen molar-refractivity contribution in [1.82, 2.24) is 24.3 Å². The van der Waals surface area contributed by atoms with Gasteiger partial charge in [0.1, 0.15) is 5.82 Å². The van der Waals surface area contributed by atoms with Gasteiger partial charge in [-0.1, -0.05) is 6.07 Å². The fourth-order valence-electron chi connectivity index (χ4n) is 4.51. The summed E-state index contributed by atoms with van der Waals surface area (Å²) >= 11 is 0. The summed E-state index contributed by atoms with van der Waals surface area (Å²) in [6, 6.07) is 10.7. The minimum atomic E-state index is 0.238. The third-order valence-electron chi connectivity index (χ3n) is 5.87. The van der Waals surface area contributed by atoms with Gasteiger partial charge in [-0.05, 0) is 61.2 Å². The van der Waals surface area contributed by atoms with Gasteiger partial charge < -0.3 is 9.30 Å². The number of hydrogen-bond acceptors (Lipinski definition) is 4. The molecule has 1 aliphatic heterocycles. The van der Waals surface area contributed by atoms with Crippen LogP contribution in [0.1, 0.15) is 22.7 Å². The average Bonchev–Trinajstić information content (AvgIpc) is 3.50. The molecule has 0 amide bonds. The molecule has 4 heterocycles. The Hall–Kier alpha value is -3.25. The van der Waals surface area contributed by atoms with Gasteiger partial charge in [0.2, 0.25) is 0 Å². The Balaban J connectivity index is 1.56. The summed E-state index contributed by atoms with van der Waals surface area (Å²) in [5, 5.41) is 4.49. The number of ether oxygens (including phenoxy) is 1. The molecule has 0 spiro atoms. The third kappa shape index (κ3) is 3.44. The number of nitrogens with zero attached hydrogens (tertiary/aromatic N) is 5. The van der Waals surface area contributed by atoms with Crippen LogP contribution in [0.25, 0.3) is 17.1 Å². The Bertz CT molecular complexity index is 1130. The molecule has 30 heavy (non-hydrogen) atoms. The van der Waals surface area contributed by atoms with Crippen molar-refractivity contribution in [3.8, 4) is 17.1 Å². The molecule has 0 unspecified atom stereocenters. The Morgan fingerprint density at radius 1 is 1.03 bits per heavy atom. The van der Waals surface area contributed by atoms with E-state index in [0.717, 1.165) is 30.1 Å². The molecule has 2 atom stereocenters. The van der Waals surface area contributed by atoms with Gasteiger partial charge in [0.05, 0.1) is 24.9 Å². The van der Waals surface area contributed by atoms with Crippen LogP contribution in [-0.2, 0) is 11.2 Å². The topological polar surface area (TPSA) is 57.8 Å².